The van der Waals surface area contributed by atoms with Crippen molar-refractivity contribution < 1.29 is 14.1 Å². The van der Waals surface area contributed by atoms with E-state index >= 15 is 0 Å². The second-order valence-corrected chi connectivity index (χ2v) is 8.54. The smallest absolute Gasteiger partial charge is 0.226 e. The Bertz CT molecular complexity index is 1030. The van der Waals surface area contributed by atoms with E-state index in [4.69, 9.17) is 20.9 Å². The van der Waals surface area contributed by atoms with Crippen LogP contribution in [0.1, 0.15) is 31.2 Å². The Balaban J connectivity index is 1.17. The van der Waals surface area contributed by atoms with Crippen molar-refractivity contribution in [3.63, 3.8) is 0 Å². The molecule has 0 N–H and O–H groups in total. The molecule has 8 heteroatoms. The molecule has 0 bridgehead atoms. The third kappa shape index (κ3) is 6.55. The number of carbonyl (C=O) groups is 1. The van der Waals surface area contributed by atoms with Crippen molar-refractivity contribution in [1.82, 2.24) is 19.9 Å². The zero-order valence-corrected chi connectivity index (χ0v) is 19.6. The SMILES string of the molecule is CCOc1ccc(CN2CCN(C(=O)CCCc3nc(-c4ccc(Cl)cc4)no3)CC2)cc1. The predicted molar refractivity (Wildman–Crippen MR) is 127 cm³/mol. The lowest BCUT2D eigenvalue weighted by atomic mass is 10.1. The number of aromatic nitrogens is 2. The van der Waals surface area contributed by atoms with E-state index in [-0.39, 0.29) is 5.91 Å². The lowest BCUT2D eigenvalue weighted by Gasteiger charge is -2.34. The topological polar surface area (TPSA) is 71.7 Å². The summed E-state index contributed by atoms with van der Waals surface area (Å²) in [6, 6.07) is 15.6. The van der Waals surface area contributed by atoms with Crippen LogP contribution in [0.25, 0.3) is 11.4 Å². The molecule has 0 radical (unpaired) electrons. The van der Waals surface area contributed by atoms with Gasteiger partial charge in [0.15, 0.2) is 0 Å². The summed E-state index contributed by atoms with van der Waals surface area (Å²) in [5.74, 6) is 2.18. The quantitative estimate of drug-likeness (QED) is 0.462. The summed E-state index contributed by atoms with van der Waals surface area (Å²) in [5, 5.41) is 4.69. The fraction of sp³-hybridized carbons (Fsp3) is 0.400. The number of piperazine rings is 1. The van der Waals surface area contributed by atoms with E-state index in [1.807, 2.05) is 36.1 Å². The first kappa shape index (κ1) is 23.3. The zero-order chi connectivity index (χ0) is 23.0. The normalized spacial score (nSPS) is 14.4. The summed E-state index contributed by atoms with van der Waals surface area (Å²) < 4.78 is 10.8. The van der Waals surface area contributed by atoms with Gasteiger partial charge in [-0.1, -0.05) is 28.9 Å². The number of benzene rings is 2. The number of carbonyl (C=O) groups excluding carboxylic acids is 1. The van der Waals surface area contributed by atoms with Gasteiger partial charge >= 0.3 is 0 Å². The number of nitrogens with zero attached hydrogens (tertiary/aromatic N) is 4. The molecule has 0 atom stereocenters. The van der Waals surface area contributed by atoms with E-state index in [0.717, 1.165) is 44.0 Å². The minimum Gasteiger partial charge on any atom is -0.494 e. The Hall–Kier alpha value is -2.90. The van der Waals surface area contributed by atoms with Crippen LogP contribution in [0.5, 0.6) is 5.75 Å². The van der Waals surface area contributed by atoms with Crippen LogP contribution in [-0.2, 0) is 17.8 Å². The number of halogens is 1. The molecule has 1 saturated heterocycles. The maximum Gasteiger partial charge on any atom is 0.226 e. The molecule has 0 saturated carbocycles. The van der Waals surface area contributed by atoms with E-state index < -0.39 is 0 Å². The molecule has 0 aliphatic carbocycles. The molecule has 33 heavy (non-hydrogen) atoms. The molecule has 2 heterocycles. The monoisotopic (exact) mass is 468 g/mol. The molecule has 7 nitrogen and oxygen atoms in total. The third-order valence-corrected chi connectivity index (χ3v) is 5.97. The molecule has 0 spiro atoms. The molecular weight excluding hydrogens is 440 g/mol. The summed E-state index contributed by atoms with van der Waals surface area (Å²) in [6.45, 7) is 6.84. The molecular formula is C25H29ClN4O3. The van der Waals surface area contributed by atoms with Gasteiger partial charge in [-0.15, -0.1) is 0 Å². The average molecular weight is 469 g/mol. The van der Waals surface area contributed by atoms with Crippen LogP contribution in [0.15, 0.2) is 53.1 Å². The van der Waals surface area contributed by atoms with Gasteiger partial charge < -0.3 is 14.2 Å². The van der Waals surface area contributed by atoms with E-state index in [1.165, 1.54) is 5.56 Å². The van der Waals surface area contributed by atoms with Gasteiger partial charge in [0, 0.05) is 56.2 Å². The Morgan fingerprint density at radius 2 is 1.79 bits per heavy atom. The van der Waals surface area contributed by atoms with Crippen LogP contribution in [0.2, 0.25) is 5.02 Å². The highest BCUT2D eigenvalue weighted by atomic mass is 35.5. The second-order valence-electron chi connectivity index (χ2n) is 8.11. The molecule has 174 valence electrons. The van der Waals surface area contributed by atoms with Gasteiger partial charge in [-0.25, -0.2) is 0 Å². The lowest BCUT2D eigenvalue weighted by Crippen LogP contribution is -2.48. The Labute approximate surface area is 199 Å². The summed E-state index contributed by atoms with van der Waals surface area (Å²) >= 11 is 5.92. The average Bonchev–Trinajstić information content (AvgIpc) is 3.30. The minimum absolute atomic E-state index is 0.188. The fourth-order valence-electron chi connectivity index (χ4n) is 3.89. The largest absolute Gasteiger partial charge is 0.494 e. The third-order valence-electron chi connectivity index (χ3n) is 5.72. The number of hydrogen-bond donors (Lipinski definition) is 0. The number of ether oxygens (including phenoxy) is 1. The van der Waals surface area contributed by atoms with Crippen molar-refractivity contribution in [2.75, 3.05) is 32.8 Å². The first-order valence-electron chi connectivity index (χ1n) is 11.4. The summed E-state index contributed by atoms with van der Waals surface area (Å²) in [7, 11) is 0. The van der Waals surface area contributed by atoms with Crippen molar-refractivity contribution in [3.05, 3.63) is 65.0 Å². The van der Waals surface area contributed by atoms with Crippen LogP contribution in [0.4, 0.5) is 0 Å². The maximum atomic E-state index is 12.6. The van der Waals surface area contributed by atoms with Gasteiger partial charge in [-0.05, 0) is 55.3 Å². The second kappa shape index (κ2) is 11.3. The van der Waals surface area contributed by atoms with Gasteiger partial charge in [-0.3, -0.25) is 9.69 Å². The Morgan fingerprint density at radius 3 is 2.48 bits per heavy atom. The molecule has 1 aromatic heterocycles. The summed E-state index contributed by atoms with van der Waals surface area (Å²) in [5.41, 5.74) is 2.12. The molecule has 3 aromatic rings. The van der Waals surface area contributed by atoms with Gasteiger partial charge in [0.05, 0.1) is 6.61 Å². The molecule has 0 unspecified atom stereocenters. The number of rotatable bonds is 9. The van der Waals surface area contributed by atoms with Crippen LogP contribution < -0.4 is 4.74 Å². The molecule has 4 rings (SSSR count). The van der Waals surface area contributed by atoms with Crippen LogP contribution in [0, 0.1) is 0 Å². The fourth-order valence-corrected chi connectivity index (χ4v) is 4.02. The highest BCUT2D eigenvalue weighted by Gasteiger charge is 2.21. The van der Waals surface area contributed by atoms with Crippen molar-refractivity contribution in [1.29, 1.82) is 0 Å². The van der Waals surface area contributed by atoms with Crippen molar-refractivity contribution >= 4 is 17.5 Å². The molecule has 1 aliphatic heterocycles. The van der Waals surface area contributed by atoms with E-state index in [1.54, 1.807) is 12.1 Å². The predicted octanol–water partition coefficient (Wildman–Crippen LogP) is 4.46. The molecule has 1 amide bonds. The van der Waals surface area contributed by atoms with E-state index in [2.05, 4.69) is 27.2 Å². The van der Waals surface area contributed by atoms with E-state index in [9.17, 15) is 4.79 Å². The zero-order valence-electron chi connectivity index (χ0n) is 18.9. The number of hydrogen-bond acceptors (Lipinski definition) is 6. The van der Waals surface area contributed by atoms with Crippen LogP contribution >= 0.6 is 11.6 Å². The first-order chi connectivity index (χ1) is 16.1. The van der Waals surface area contributed by atoms with Gasteiger partial charge in [0.2, 0.25) is 17.6 Å². The highest BCUT2D eigenvalue weighted by molar-refractivity contribution is 6.30. The van der Waals surface area contributed by atoms with Crippen LogP contribution in [0.3, 0.4) is 0 Å². The molecule has 2 aromatic carbocycles. The van der Waals surface area contributed by atoms with Crippen molar-refractivity contribution in [2.24, 2.45) is 0 Å². The molecule has 1 fully saturated rings. The maximum absolute atomic E-state index is 12.6. The molecule has 1 aliphatic rings. The van der Waals surface area contributed by atoms with Crippen molar-refractivity contribution in [3.8, 4) is 17.1 Å². The van der Waals surface area contributed by atoms with Gasteiger partial charge in [0.25, 0.3) is 0 Å². The standard InChI is InChI=1S/C25H29ClN4O3/c1-2-32-22-12-6-19(7-13-22)18-29-14-16-30(17-15-29)24(31)5-3-4-23-27-25(28-33-23)20-8-10-21(26)11-9-20/h6-13H,2-5,14-18H2,1H3. The van der Waals surface area contributed by atoms with E-state index in [0.29, 0.717) is 42.6 Å². The lowest BCUT2D eigenvalue weighted by molar-refractivity contribution is -0.133. The number of aryl methyl sites for hydroxylation is 1. The minimum atomic E-state index is 0.188. The van der Waals surface area contributed by atoms with Crippen molar-refractivity contribution in [2.45, 2.75) is 32.7 Å². The summed E-state index contributed by atoms with van der Waals surface area (Å²) in [4.78, 5) is 21.4. The Morgan fingerprint density at radius 1 is 1.06 bits per heavy atom. The summed E-state index contributed by atoms with van der Waals surface area (Å²) in [6.07, 6.45) is 1.76. The Kier molecular flexibility index (Phi) is 7.96. The first-order valence-corrected chi connectivity index (χ1v) is 11.8. The van der Waals surface area contributed by atoms with Gasteiger partial charge in [-0.2, -0.15) is 4.98 Å². The van der Waals surface area contributed by atoms with Crippen LogP contribution in [-0.4, -0.2) is 58.6 Å². The highest BCUT2D eigenvalue weighted by Crippen LogP contribution is 2.19. The van der Waals surface area contributed by atoms with Gasteiger partial charge in [0.1, 0.15) is 5.75 Å². The number of amides is 1.